The van der Waals surface area contributed by atoms with Crippen LogP contribution in [0.4, 0.5) is 0 Å². The Balaban J connectivity index is 2.01. The van der Waals surface area contributed by atoms with Crippen LogP contribution < -0.4 is 5.32 Å². The number of halogens is 2. The average molecular weight is 391 g/mol. The van der Waals surface area contributed by atoms with Crippen molar-refractivity contribution >= 4 is 28.9 Å². The monoisotopic (exact) mass is 390 g/mol. The second kappa shape index (κ2) is 8.43. The molecule has 3 nitrogen and oxygen atoms in total. The molecule has 1 aliphatic heterocycles. The third kappa shape index (κ3) is 3.90. The number of nitrogens with zero attached hydrogens (tertiary/aromatic N) is 1. The van der Waals surface area contributed by atoms with Gasteiger partial charge in [0.2, 0.25) is 0 Å². The van der Waals surface area contributed by atoms with Crippen LogP contribution >= 0.6 is 23.2 Å². The minimum atomic E-state index is 0.0481. The maximum Gasteiger partial charge on any atom is 0.0667 e. The number of nitrogens with one attached hydrogen (secondary N) is 1. The van der Waals surface area contributed by atoms with E-state index in [1.54, 1.807) is 0 Å². The summed E-state index contributed by atoms with van der Waals surface area (Å²) in [5.41, 5.74) is 3.14. The summed E-state index contributed by atoms with van der Waals surface area (Å²) in [4.78, 5) is 0. The second-order valence-corrected chi connectivity index (χ2v) is 7.81. The molecule has 0 aromatic heterocycles. The quantitative estimate of drug-likeness (QED) is 0.477. The summed E-state index contributed by atoms with van der Waals surface area (Å²) in [6.45, 7) is 4.27. The maximum atomic E-state index is 9.79. The molecule has 0 unspecified atom stereocenters. The molecule has 4 atom stereocenters. The molecular weight excluding hydrogens is 367 g/mol. The fraction of sp³-hybridized carbons (Fsp3) is 0.381. The van der Waals surface area contributed by atoms with E-state index >= 15 is 0 Å². The Morgan fingerprint density at radius 3 is 1.88 bits per heavy atom. The van der Waals surface area contributed by atoms with Crippen LogP contribution in [-0.4, -0.2) is 10.9 Å². The van der Waals surface area contributed by atoms with Crippen molar-refractivity contribution in [2.24, 2.45) is 17.0 Å². The van der Waals surface area contributed by atoms with Crippen molar-refractivity contribution in [2.45, 2.75) is 38.8 Å². The molecule has 3 rings (SSSR count). The number of oxime groups is 1. The highest BCUT2D eigenvalue weighted by Crippen LogP contribution is 2.41. The van der Waals surface area contributed by atoms with E-state index < -0.39 is 0 Å². The van der Waals surface area contributed by atoms with E-state index in [4.69, 9.17) is 23.2 Å². The topological polar surface area (TPSA) is 44.6 Å². The smallest absolute Gasteiger partial charge is 0.0667 e. The molecule has 5 heteroatoms. The van der Waals surface area contributed by atoms with Crippen LogP contribution in [0.3, 0.4) is 0 Å². The highest BCUT2D eigenvalue weighted by Gasteiger charge is 2.40. The highest BCUT2D eigenvalue weighted by molar-refractivity contribution is 6.30. The molecule has 1 aliphatic rings. The fourth-order valence-electron chi connectivity index (χ4n) is 3.98. The molecule has 1 heterocycles. The van der Waals surface area contributed by atoms with Crippen LogP contribution in [0, 0.1) is 11.8 Å². The molecule has 0 radical (unpaired) electrons. The lowest BCUT2D eigenvalue weighted by molar-refractivity contribution is 0.258. The van der Waals surface area contributed by atoms with Crippen LogP contribution in [0.15, 0.2) is 53.7 Å². The molecule has 1 fully saturated rings. The first kappa shape index (κ1) is 19.2. The summed E-state index contributed by atoms with van der Waals surface area (Å²) in [6.07, 6.45) is 1.98. The van der Waals surface area contributed by atoms with Crippen LogP contribution in [0.25, 0.3) is 0 Å². The minimum absolute atomic E-state index is 0.0481. The van der Waals surface area contributed by atoms with Gasteiger partial charge in [0.05, 0.1) is 5.71 Å². The molecule has 1 saturated heterocycles. The van der Waals surface area contributed by atoms with E-state index in [-0.39, 0.29) is 23.9 Å². The SMILES string of the molecule is CCC[C@@H]1/C(=N/O)[C@@H](C)[C@@H](c2ccc(Cl)cc2)N[C@H]1c1ccc(Cl)cc1. The summed E-state index contributed by atoms with van der Waals surface area (Å²) < 4.78 is 0. The molecule has 0 bridgehead atoms. The maximum absolute atomic E-state index is 9.79. The highest BCUT2D eigenvalue weighted by atomic mass is 35.5. The van der Waals surface area contributed by atoms with Gasteiger partial charge in [0.1, 0.15) is 0 Å². The first-order valence-corrected chi connectivity index (χ1v) is 9.79. The van der Waals surface area contributed by atoms with E-state index in [2.05, 4.69) is 24.3 Å². The van der Waals surface area contributed by atoms with Crippen LogP contribution in [0.1, 0.15) is 49.9 Å². The summed E-state index contributed by atoms with van der Waals surface area (Å²) in [5.74, 6) is 0.228. The van der Waals surface area contributed by atoms with E-state index in [1.807, 2.05) is 48.5 Å². The summed E-state index contributed by atoms with van der Waals surface area (Å²) in [6, 6.07) is 15.9. The van der Waals surface area contributed by atoms with E-state index in [0.717, 1.165) is 34.7 Å². The number of hydrogen-bond donors (Lipinski definition) is 2. The van der Waals surface area contributed by atoms with Gasteiger partial charge in [-0.25, -0.2) is 0 Å². The molecule has 2 N–H and O–H groups in total. The van der Waals surface area contributed by atoms with Gasteiger partial charge >= 0.3 is 0 Å². The Morgan fingerprint density at radius 1 is 0.923 bits per heavy atom. The van der Waals surface area contributed by atoms with Crippen molar-refractivity contribution in [2.75, 3.05) is 0 Å². The van der Waals surface area contributed by atoms with Gasteiger partial charge in [-0.15, -0.1) is 0 Å². The molecule has 2 aromatic carbocycles. The van der Waals surface area contributed by atoms with Crippen molar-refractivity contribution in [3.8, 4) is 0 Å². The second-order valence-electron chi connectivity index (χ2n) is 6.93. The van der Waals surface area contributed by atoms with Crippen molar-refractivity contribution in [1.29, 1.82) is 0 Å². The Hall–Kier alpha value is -1.55. The summed E-state index contributed by atoms with van der Waals surface area (Å²) in [7, 11) is 0. The van der Waals surface area contributed by atoms with Crippen LogP contribution in [0.5, 0.6) is 0 Å². The largest absolute Gasteiger partial charge is 0.411 e. The first-order chi connectivity index (χ1) is 12.5. The number of benzene rings is 2. The first-order valence-electron chi connectivity index (χ1n) is 9.04. The number of rotatable bonds is 4. The molecule has 0 amide bonds. The zero-order valence-electron chi connectivity index (χ0n) is 15.0. The zero-order chi connectivity index (χ0) is 18.7. The van der Waals surface area contributed by atoms with Crippen molar-refractivity contribution in [3.63, 3.8) is 0 Å². The predicted molar refractivity (Wildman–Crippen MR) is 108 cm³/mol. The average Bonchev–Trinajstić information content (AvgIpc) is 2.64. The van der Waals surface area contributed by atoms with E-state index in [1.165, 1.54) is 0 Å². The molecular formula is C21H24Cl2N2O. The van der Waals surface area contributed by atoms with Gasteiger partial charge in [-0.05, 0) is 41.8 Å². The Bertz CT molecular complexity index is 759. The summed E-state index contributed by atoms with van der Waals surface area (Å²) >= 11 is 12.1. The molecule has 0 aliphatic carbocycles. The Labute approximate surface area is 165 Å². The third-order valence-corrected chi connectivity index (χ3v) is 5.79. The summed E-state index contributed by atoms with van der Waals surface area (Å²) in [5, 5.41) is 18.8. The van der Waals surface area contributed by atoms with Gasteiger partial charge in [0.15, 0.2) is 0 Å². The lowest BCUT2D eigenvalue weighted by atomic mass is 9.73. The zero-order valence-corrected chi connectivity index (χ0v) is 16.5. The number of hydrogen-bond acceptors (Lipinski definition) is 3. The molecule has 26 heavy (non-hydrogen) atoms. The van der Waals surface area contributed by atoms with Gasteiger partial charge in [-0.1, -0.05) is 72.9 Å². The lowest BCUT2D eigenvalue weighted by Crippen LogP contribution is -2.47. The van der Waals surface area contributed by atoms with Gasteiger partial charge < -0.3 is 10.5 Å². The molecule has 0 spiro atoms. The van der Waals surface area contributed by atoms with Gasteiger partial charge in [0.25, 0.3) is 0 Å². The number of piperidine rings is 1. The fourth-order valence-corrected chi connectivity index (χ4v) is 4.23. The van der Waals surface area contributed by atoms with E-state index in [9.17, 15) is 5.21 Å². The van der Waals surface area contributed by atoms with Crippen molar-refractivity contribution in [3.05, 3.63) is 69.7 Å². The van der Waals surface area contributed by atoms with Gasteiger partial charge in [-0.2, -0.15) is 0 Å². The van der Waals surface area contributed by atoms with Crippen molar-refractivity contribution < 1.29 is 5.21 Å². The molecule has 0 saturated carbocycles. The standard InChI is InChI=1S/C21H24Cl2N2O/c1-3-4-18-20(25-26)13(2)19(14-5-9-16(22)10-6-14)24-21(18)15-7-11-17(23)12-8-15/h5-13,18-19,21,24,26H,3-4H2,1-2H3/b25-20+/t13-,18+,19-,21-/m0/s1. The molecule has 138 valence electrons. The minimum Gasteiger partial charge on any atom is -0.411 e. The van der Waals surface area contributed by atoms with Crippen molar-refractivity contribution in [1.82, 2.24) is 5.32 Å². The Kier molecular flexibility index (Phi) is 6.23. The lowest BCUT2D eigenvalue weighted by Gasteiger charge is -2.42. The molecule has 2 aromatic rings. The van der Waals surface area contributed by atoms with Gasteiger partial charge in [0, 0.05) is 34.0 Å². The van der Waals surface area contributed by atoms with E-state index in [0.29, 0.717) is 5.02 Å². The van der Waals surface area contributed by atoms with Crippen LogP contribution in [-0.2, 0) is 0 Å². The third-order valence-electron chi connectivity index (χ3n) is 5.28. The normalized spacial score (nSPS) is 27.6. The Morgan fingerprint density at radius 2 is 1.42 bits per heavy atom. The predicted octanol–water partition coefficient (Wildman–Crippen LogP) is 6.26. The van der Waals surface area contributed by atoms with Crippen LogP contribution in [0.2, 0.25) is 10.0 Å². The van der Waals surface area contributed by atoms with Gasteiger partial charge in [-0.3, -0.25) is 0 Å².